The summed E-state index contributed by atoms with van der Waals surface area (Å²) < 4.78 is 0. The Hall–Kier alpha value is -2.62. The quantitative estimate of drug-likeness (QED) is 0.636. The molecule has 0 fully saturated rings. The van der Waals surface area contributed by atoms with Crippen molar-refractivity contribution in [2.45, 2.75) is 0 Å². The van der Waals surface area contributed by atoms with Gasteiger partial charge in [0.25, 0.3) is 0 Å². The molecule has 1 heterocycles. The van der Waals surface area contributed by atoms with Gasteiger partial charge in [0.05, 0.1) is 11.2 Å². The van der Waals surface area contributed by atoms with Gasteiger partial charge < -0.3 is 11.5 Å². The van der Waals surface area contributed by atoms with Gasteiger partial charge in [-0.05, 0) is 18.2 Å². The standard InChI is InChI=1S/C14H12N4/c15-10-7-5-9(6-8-10)13-11-3-1-2-4-12(11)17-14(16)18-13/h1-8H,15H2,(H2,16,17,18). The van der Waals surface area contributed by atoms with E-state index in [2.05, 4.69) is 9.97 Å². The Morgan fingerprint density at radius 2 is 1.50 bits per heavy atom. The first-order valence-electron chi connectivity index (χ1n) is 5.62. The first-order chi connectivity index (χ1) is 8.74. The Morgan fingerprint density at radius 3 is 2.28 bits per heavy atom. The van der Waals surface area contributed by atoms with Crippen LogP contribution in [0, 0.1) is 0 Å². The molecule has 4 nitrogen and oxygen atoms in total. The van der Waals surface area contributed by atoms with Crippen LogP contribution in [0.2, 0.25) is 0 Å². The lowest BCUT2D eigenvalue weighted by Crippen LogP contribution is -1.98. The summed E-state index contributed by atoms with van der Waals surface area (Å²) in [7, 11) is 0. The maximum Gasteiger partial charge on any atom is 0.221 e. The lowest BCUT2D eigenvalue weighted by atomic mass is 10.1. The summed E-state index contributed by atoms with van der Waals surface area (Å²) in [5.74, 6) is 0.278. The first-order valence-corrected chi connectivity index (χ1v) is 5.62. The predicted octanol–water partition coefficient (Wildman–Crippen LogP) is 2.46. The molecule has 2 aromatic carbocycles. The van der Waals surface area contributed by atoms with Crippen LogP contribution in [0.3, 0.4) is 0 Å². The number of hydrogen-bond donors (Lipinski definition) is 2. The van der Waals surface area contributed by atoms with Gasteiger partial charge in [-0.25, -0.2) is 9.97 Å². The van der Waals surface area contributed by atoms with E-state index < -0.39 is 0 Å². The molecule has 0 amide bonds. The van der Waals surface area contributed by atoms with Crippen LogP contribution in [0.5, 0.6) is 0 Å². The molecule has 0 spiro atoms. The summed E-state index contributed by atoms with van der Waals surface area (Å²) in [4.78, 5) is 8.55. The lowest BCUT2D eigenvalue weighted by molar-refractivity contribution is 1.24. The molecule has 0 saturated carbocycles. The minimum Gasteiger partial charge on any atom is -0.399 e. The van der Waals surface area contributed by atoms with Crippen LogP contribution in [-0.2, 0) is 0 Å². The van der Waals surface area contributed by atoms with Crippen LogP contribution >= 0.6 is 0 Å². The summed E-state index contributed by atoms with van der Waals surface area (Å²) in [5.41, 5.74) is 14.8. The predicted molar refractivity (Wildman–Crippen MR) is 73.8 cm³/mol. The number of para-hydroxylation sites is 1. The fourth-order valence-electron chi connectivity index (χ4n) is 1.96. The molecule has 0 atom stereocenters. The molecule has 0 bridgehead atoms. The Bertz CT molecular complexity index is 705. The molecule has 0 aliphatic rings. The normalized spacial score (nSPS) is 10.7. The van der Waals surface area contributed by atoms with Crippen LogP contribution in [0.4, 0.5) is 11.6 Å². The van der Waals surface area contributed by atoms with Crippen molar-refractivity contribution in [3.8, 4) is 11.3 Å². The SMILES string of the molecule is Nc1ccc(-c2nc(N)nc3ccccc23)cc1. The van der Waals surface area contributed by atoms with E-state index in [1.54, 1.807) is 0 Å². The molecule has 0 saturated heterocycles. The molecule has 0 aliphatic carbocycles. The van der Waals surface area contributed by atoms with Gasteiger partial charge in [-0.3, -0.25) is 0 Å². The summed E-state index contributed by atoms with van der Waals surface area (Å²) >= 11 is 0. The summed E-state index contributed by atoms with van der Waals surface area (Å²) in [5, 5.41) is 0.983. The van der Waals surface area contributed by atoms with Crippen LogP contribution in [0.25, 0.3) is 22.2 Å². The van der Waals surface area contributed by atoms with Crippen molar-refractivity contribution in [2.24, 2.45) is 0 Å². The number of aromatic nitrogens is 2. The van der Waals surface area contributed by atoms with E-state index in [0.29, 0.717) is 0 Å². The number of rotatable bonds is 1. The van der Waals surface area contributed by atoms with Gasteiger partial charge in [0.2, 0.25) is 5.95 Å². The highest BCUT2D eigenvalue weighted by atomic mass is 15.0. The highest BCUT2D eigenvalue weighted by Crippen LogP contribution is 2.26. The van der Waals surface area contributed by atoms with Gasteiger partial charge in [0, 0.05) is 16.6 Å². The third kappa shape index (κ3) is 1.73. The van der Waals surface area contributed by atoms with Gasteiger partial charge >= 0.3 is 0 Å². The molecule has 0 radical (unpaired) electrons. The Morgan fingerprint density at radius 1 is 0.778 bits per heavy atom. The molecule has 88 valence electrons. The number of hydrogen-bond acceptors (Lipinski definition) is 4. The second kappa shape index (κ2) is 4.00. The van der Waals surface area contributed by atoms with Crippen molar-refractivity contribution in [1.29, 1.82) is 0 Å². The van der Waals surface area contributed by atoms with E-state index in [1.807, 2.05) is 48.5 Å². The Kier molecular flexibility index (Phi) is 2.34. The number of nitrogens with zero attached hydrogens (tertiary/aromatic N) is 2. The molecule has 0 aliphatic heterocycles. The zero-order valence-electron chi connectivity index (χ0n) is 9.67. The minimum absolute atomic E-state index is 0.278. The van der Waals surface area contributed by atoms with E-state index in [9.17, 15) is 0 Å². The Labute approximate surface area is 104 Å². The van der Waals surface area contributed by atoms with Gasteiger partial charge in [0.15, 0.2) is 0 Å². The summed E-state index contributed by atoms with van der Waals surface area (Å²) in [6, 6.07) is 15.4. The topological polar surface area (TPSA) is 77.8 Å². The van der Waals surface area contributed by atoms with Gasteiger partial charge in [0.1, 0.15) is 0 Å². The van der Waals surface area contributed by atoms with Crippen molar-refractivity contribution in [2.75, 3.05) is 11.5 Å². The molecule has 4 heteroatoms. The van der Waals surface area contributed by atoms with Gasteiger partial charge in [-0.1, -0.05) is 30.3 Å². The van der Waals surface area contributed by atoms with Crippen molar-refractivity contribution >= 4 is 22.5 Å². The van der Waals surface area contributed by atoms with Crippen LogP contribution in [0.15, 0.2) is 48.5 Å². The molecule has 3 aromatic rings. The van der Waals surface area contributed by atoms with E-state index in [-0.39, 0.29) is 5.95 Å². The van der Waals surface area contributed by atoms with Crippen molar-refractivity contribution in [3.63, 3.8) is 0 Å². The fourth-order valence-corrected chi connectivity index (χ4v) is 1.96. The lowest BCUT2D eigenvalue weighted by Gasteiger charge is -2.06. The monoisotopic (exact) mass is 236 g/mol. The van der Waals surface area contributed by atoms with Crippen molar-refractivity contribution in [1.82, 2.24) is 9.97 Å². The minimum atomic E-state index is 0.278. The van der Waals surface area contributed by atoms with Crippen molar-refractivity contribution < 1.29 is 0 Å². The van der Waals surface area contributed by atoms with E-state index >= 15 is 0 Å². The third-order valence-electron chi connectivity index (χ3n) is 2.80. The molecule has 18 heavy (non-hydrogen) atoms. The zero-order valence-corrected chi connectivity index (χ0v) is 9.67. The molecular weight excluding hydrogens is 224 g/mol. The zero-order chi connectivity index (χ0) is 12.5. The number of anilines is 2. The van der Waals surface area contributed by atoms with Crippen molar-refractivity contribution in [3.05, 3.63) is 48.5 Å². The highest BCUT2D eigenvalue weighted by molar-refractivity contribution is 5.93. The molecular formula is C14H12N4. The van der Waals surface area contributed by atoms with E-state index in [0.717, 1.165) is 27.8 Å². The smallest absolute Gasteiger partial charge is 0.221 e. The fraction of sp³-hybridized carbons (Fsp3) is 0. The first kappa shape index (κ1) is 10.5. The second-order valence-corrected chi connectivity index (χ2v) is 4.07. The van der Waals surface area contributed by atoms with Crippen LogP contribution < -0.4 is 11.5 Å². The highest BCUT2D eigenvalue weighted by Gasteiger charge is 2.07. The molecule has 3 rings (SSSR count). The number of fused-ring (bicyclic) bond motifs is 1. The number of nitrogens with two attached hydrogens (primary N) is 2. The molecule has 4 N–H and O–H groups in total. The second-order valence-electron chi connectivity index (χ2n) is 4.07. The maximum absolute atomic E-state index is 5.75. The number of nitrogen functional groups attached to an aromatic ring is 2. The molecule has 1 aromatic heterocycles. The molecule has 0 unspecified atom stereocenters. The Balaban J connectivity index is 2.31. The largest absolute Gasteiger partial charge is 0.399 e. The average Bonchev–Trinajstić information content (AvgIpc) is 2.38. The van der Waals surface area contributed by atoms with Crippen LogP contribution in [0.1, 0.15) is 0 Å². The van der Waals surface area contributed by atoms with Crippen LogP contribution in [-0.4, -0.2) is 9.97 Å². The summed E-state index contributed by atoms with van der Waals surface area (Å²) in [6.07, 6.45) is 0. The average molecular weight is 236 g/mol. The number of benzene rings is 2. The summed E-state index contributed by atoms with van der Waals surface area (Å²) in [6.45, 7) is 0. The van der Waals surface area contributed by atoms with E-state index in [4.69, 9.17) is 11.5 Å². The van der Waals surface area contributed by atoms with Gasteiger partial charge in [-0.15, -0.1) is 0 Å². The van der Waals surface area contributed by atoms with E-state index in [1.165, 1.54) is 0 Å². The third-order valence-corrected chi connectivity index (χ3v) is 2.80. The maximum atomic E-state index is 5.75. The van der Waals surface area contributed by atoms with Gasteiger partial charge in [-0.2, -0.15) is 0 Å².